The van der Waals surface area contributed by atoms with E-state index in [-0.39, 0.29) is 11.2 Å². The van der Waals surface area contributed by atoms with Crippen molar-refractivity contribution in [2.24, 2.45) is 5.41 Å². The number of anilines is 2. The van der Waals surface area contributed by atoms with Crippen molar-refractivity contribution in [3.05, 3.63) is 24.1 Å². The predicted octanol–water partition coefficient (Wildman–Crippen LogP) is 2.20. The summed E-state index contributed by atoms with van der Waals surface area (Å²) in [6.07, 6.45) is 2.16. The van der Waals surface area contributed by atoms with Crippen LogP contribution in [-0.4, -0.2) is 11.5 Å². The summed E-state index contributed by atoms with van der Waals surface area (Å²) in [5.41, 5.74) is 6.19. The van der Waals surface area contributed by atoms with E-state index < -0.39 is 0 Å². The van der Waals surface area contributed by atoms with E-state index in [0.29, 0.717) is 11.4 Å². The Kier molecular flexibility index (Phi) is 3.73. The second-order valence-corrected chi connectivity index (χ2v) is 4.69. The van der Waals surface area contributed by atoms with Crippen LogP contribution in [0.25, 0.3) is 0 Å². The molecule has 4 heteroatoms. The molecule has 0 atom stereocenters. The van der Waals surface area contributed by atoms with Crippen molar-refractivity contribution in [3.63, 3.8) is 0 Å². The zero-order valence-corrected chi connectivity index (χ0v) is 9.91. The highest BCUT2D eigenvalue weighted by molar-refractivity contribution is 5.53. The first-order valence-corrected chi connectivity index (χ1v) is 5.17. The molecule has 0 aliphatic carbocycles. The minimum Gasteiger partial charge on any atom is -0.383 e. The van der Waals surface area contributed by atoms with Gasteiger partial charge in [-0.3, -0.25) is 0 Å². The monoisotopic (exact) mass is 217 g/mol. The molecule has 1 aromatic heterocycles. The molecule has 16 heavy (non-hydrogen) atoms. The first kappa shape index (κ1) is 12.3. The van der Waals surface area contributed by atoms with Crippen LogP contribution in [0.1, 0.15) is 26.3 Å². The van der Waals surface area contributed by atoms with Gasteiger partial charge in [-0.05, 0) is 24.0 Å². The van der Waals surface area contributed by atoms with Gasteiger partial charge in [0.2, 0.25) is 0 Å². The number of hydrogen-bond acceptors (Lipinski definition) is 4. The Morgan fingerprint density at radius 2 is 2.19 bits per heavy atom. The number of nitrogen functional groups attached to an aromatic ring is 1. The van der Waals surface area contributed by atoms with Crippen molar-refractivity contribution in [2.75, 3.05) is 17.6 Å². The molecule has 0 aliphatic rings. The molecule has 0 unspecified atom stereocenters. The molecule has 0 saturated heterocycles. The van der Waals surface area contributed by atoms with E-state index in [9.17, 15) is 0 Å². The average molecular weight is 217 g/mol. The molecule has 1 aromatic rings. The second-order valence-electron chi connectivity index (χ2n) is 4.69. The molecule has 1 heterocycles. The Balaban J connectivity index is 2.57. The van der Waals surface area contributed by atoms with E-state index in [1.54, 1.807) is 12.1 Å². The molecule has 0 aliphatic heterocycles. The van der Waals surface area contributed by atoms with Crippen molar-refractivity contribution in [2.45, 2.75) is 20.8 Å². The standard InChI is InChI=1S/C12H17N4/c1-12(2,3)6-7-15-10-5-4-9(8-13)11(14)16-10/h4-6H,7H2,1-3H3,(H3,14,15,16). The number of nitrogens with zero attached hydrogens (tertiary/aromatic N) is 2. The lowest BCUT2D eigenvalue weighted by atomic mass is 9.92. The third-order valence-corrected chi connectivity index (χ3v) is 2.04. The van der Waals surface area contributed by atoms with Crippen LogP contribution in [0.4, 0.5) is 11.6 Å². The molecular formula is C12H17N4. The first-order valence-electron chi connectivity index (χ1n) is 5.17. The number of nitrogens with one attached hydrogen (secondary N) is 1. The first-order chi connectivity index (χ1) is 7.42. The fourth-order valence-corrected chi connectivity index (χ4v) is 1.13. The van der Waals surface area contributed by atoms with Gasteiger partial charge in [0.05, 0.1) is 5.56 Å². The van der Waals surface area contributed by atoms with E-state index >= 15 is 0 Å². The topological polar surface area (TPSA) is 74.7 Å². The van der Waals surface area contributed by atoms with Crippen LogP contribution >= 0.6 is 0 Å². The van der Waals surface area contributed by atoms with Crippen LogP contribution in [0.15, 0.2) is 12.1 Å². The summed E-state index contributed by atoms with van der Waals surface area (Å²) < 4.78 is 0. The molecule has 0 spiro atoms. The Morgan fingerprint density at radius 1 is 1.50 bits per heavy atom. The lowest BCUT2D eigenvalue weighted by molar-refractivity contribution is 0.490. The van der Waals surface area contributed by atoms with E-state index in [4.69, 9.17) is 11.0 Å². The number of pyridine rings is 1. The number of nitrogens with two attached hydrogens (primary N) is 1. The lowest BCUT2D eigenvalue weighted by Crippen LogP contribution is -2.14. The van der Waals surface area contributed by atoms with Crippen LogP contribution in [0, 0.1) is 23.2 Å². The Hall–Kier alpha value is -1.76. The molecule has 85 valence electrons. The van der Waals surface area contributed by atoms with Crippen LogP contribution in [-0.2, 0) is 0 Å². The maximum atomic E-state index is 8.70. The Bertz CT molecular complexity index is 398. The summed E-state index contributed by atoms with van der Waals surface area (Å²) in [6, 6.07) is 5.40. The van der Waals surface area contributed by atoms with Crippen molar-refractivity contribution in [1.29, 1.82) is 5.26 Å². The summed E-state index contributed by atoms with van der Waals surface area (Å²) in [5, 5.41) is 11.8. The highest BCUT2D eigenvalue weighted by Gasteiger charge is 2.09. The molecule has 0 saturated carbocycles. The SMILES string of the molecule is CC(C)(C)[CH]CNc1ccc(C#N)c(N)n1. The number of hydrogen-bond donors (Lipinski definition) is 2. The fraction of sp³-hybridized carbons (Fsp3) is 0.417. The van der Waals surface area contributed by atoms with Gasteiger partial charge in [0.25, 0.3) is 0 Å². The average Bonchev–Trinajstić information content (AvgIpc) is 2.16. The zero-order valence-electron chi connectivity index (χ0n) is 9.91. The minimum absolute atomic E-state index is 0.172. The van der Waals surface area contributed by atoms with Crippen molar-refractivity contribution >= 4 is 11.6 Å². The molecule has 1 rings (SSSR count). The van der Waals surface area contributed by atoms with Gasteiger partial charge in [0.15, 0.2) is 0 Å². The predicted molar refractivity (Wildman–Crippen MR) is 65.6 cm³/mol. The molecular weight excluding hydrogens is 200 g/mol. The molecule has 0 aromatic carbocycles. The molecule has 0 amide bonds. The largest absolute Gasteiger partial charge is 0.383 e. The van der Waals surface area contributed by atoms with Gasteiger partial charge < -0.3 is 11.1 Å². The normalized spacial score (nSPS) is 10.9. The van der Waals surface area contributed by atoms with Crippen LogP contribution in [0.3, 0.4) is 0 Å². The Labute approximate surface area is 96.5 Å². The second kappa shape index (κ2) is 4.84. The molecule has 4 nitrogen and oxygen atoms in total. The van der Waals surface area contributed by atoms with Crippen molar-refractivity contribution in [1.82, 2.24) is 4.98 Å². The number of aromatic nitrogens is 1. The van der Waals surface area contributed by atoms with Crippen molar-refractivity contribution in [3.8, 4) is 6.07 Å². The minimum atomic E-state index is 0.172. The van der Waals surface area contributed by atoms with Gasteiger partial charge in [-0.1, -0.05) is 20.8 Å². The van der Waals surface area contributed by atoms with E-state index in [2.05, 4.69) is 37.5 Å². The van der Waals surface area contributed by atoms with Gasteiger partial charge in [-0.2, -0.15) is 5.26 Å². The third kappa shape index (κ3) is 3.77. The summed E-state index contributed by atoms with van der Waals surface area (Å²) in [4.78, 5) is 4.09. The smallest absolute Gasteiger partial charge is 0.143 e. The van der Waals surface area contributed by atoms with E-state index in [1.165, 1.54) is 0 Å². The van der Waals surface area contributed by atoms with E-state index in [1.807, 2.05) is 6.07 Å². The molecule has 3 N–H and O–H groups in total. The summed E-state index contributed by atoms with van der Waals surface area (Å²) >= 11 is 0. The van der Waals surface area contributed by atoms with Crippen LogP contribution < -0.4 is 11.1 Å². The maximum Gasteiger partial charge on any atom is 0.143 e. The van der Waals surface area contributed by atoms with Gasteiger partial charge in [-0.25, -0.2) is 4.98 Å². The summed E-state index contributed by atoms with van der Waals surface area (Å²) in [7, 11) is 0. The van der Waals surface area contributed by atoms with Crippen LogP contribution in [0.5, 0.6) is 0 Å². The maximum absolute atomic E-state index is 8.70. The fourth-order valence-electron chi connectivity index (χ4n) is 1.13. The highest BCUT2D eigenvalue weighted by atomic mass is 15.0. The van der Waals surface area contributed by atoms with Gasteiger partial charge in [-0.15, -0.1) is 0 Å². The van der Waals surface area contributed by atoms with E-state index in [0.717, 1.165) is 6.54 Å². The Morgan fingerprint density at radius 3 is 2.69 bits per heavy atom. The van der Waals surface area contributed by atoms with Gasteiger partial charge in [0, 0.05) is 6.54 Å². The molecule has 1 radical (unpaired) electrons. The van der Waals surface area contributed by atoms with Gasteiger partial charge in [0.1, 0.15) is 17.7 Å². The summed E-state index contributed by atoms with van der Waals surface area (Å²) in [5.74, 6) is 0.959. The summed E-state index contributed by atoms with van der Waals surface area (Å²) in [6.45, 7) is 7.13. The molecule has 0 bridgehead atoms. The third-order valence-electron chi connectivity index (χ3n) is 2.04. The lowest BCUT2D eigenvalue weighted by Gasteiger charge is -2.17. The van der Waals surface area contributed by atoms with Crippen molar-refractivity contribution < 1.29 is 0 Å². The zero-order chi connectivity index (χ0) is 12.2. The number of rotatable bonds is 3. The van der Waals surface area contributed by atoms with Gasteiger partial charge >= 0.3 is 0 Å². The highest BCUT2D eigenvalue weighted by Crippen LogP contribution is 2.17. The quantitative estimate of drug-likeness (QED) is 0.813. The molecule has 0 fully saturated rings. The number of nitriles is 1. The van der Waals surface area contributed by atoms with Crippen LogP contribution in [0.2, 0.25) is 0 Å².